The molecule has 0 spiro atoms. The molecule has 1 aliphatic rings. The van der Waals surface area contributed by atoms with E-state index in [1.165, 1.54) is 6.42 Å². The predicted molar refractivity (Wildman–Crippen MR) is 104 cm³/mol. The largest absolute Gasteiger partial charge is 0.489 e. The first-order valence-corrected chi connectivity index (χ1v) is 9.54. The third kappa shape index (κ3) is 5.33. The SMILES string of the molecule is CCCN1CCC(NC(=O)c2cccc(OCc3ccccc3)c2)CC1. The highest BCUT2D eigenvalue weighted by atomic mass is 16.5. The fraction of sp³-hybridized carbons (Fsp3) is 0.409. The van der Waals surface area contributed by atoms with Gasteiger partial charge in [-0.3, -0.25) is 4.79 Å². The zero-order valence-electron chi connectivity index (χ0n) is 15.5. The molecule has 3 rings (SSSR count). The van der Waals surface area contributed by atoms with Crippen molar-refractivity contribution < 1.29 is 9.53 Å². The lowest BCUT2D eigenvalue weighted by Crippen LogP contribution is -2.44. The molecule has 0 aromatic heterocycles. The summed E-state index contributed by atoms with van der Waals surface area (Å²) in [6.45, 7) is 6.00. The van der Waals surface area contributed by atoms with Crippen LogP contribution < -0.4 is 10.1 Å². The van der Waals surface area contributed by atoms with Crippen LogP contribution in [-0.4, -0.2) is 36.5 Å². The molecule has 1 amide bonds. The molecule has 0 radical (unpaired) electrons. The maximum Gasteiger partial charge on any atom is 0.251 e. The van der Waals surface area contributed by atoms with Gasteiger partial charge in [-0.05, 0) is 49.6 Å². The van der Waals surface area contributed by atoms with Crippen molar-refractivity contribution in [1.29, 1.82) is 0 Å². The number of nitrogens with zero attached hydrogens (tertiary/aromatic N) is 1. The Kier molecular flexibility index (Phi) is 6.67. The highest BCUT2D eigenvalue weighted by Gasteiger charge is 2.20. The zero-order chi connectivity index (χ0) is 18.2. The smallest absolute Gasteiger partial charge is 0.251 e. The van der Waals surface area contributed by atoms with Gasteiger partial charge in [-0.25, -0.2) is 0 Å². The van der Waals surface area contributed by atoms with Crippen LogP contribution in [-0.2, 0) is 6.61 Å². The summed E-state index contributed by atoms with van der Waals surface area (Å²) in [4.78, 5) is 15.0. The van der Waals surface area contributed by atoms with Crippen LogP contribution in [0.5, 0.6) is 5.75 Å². The van der Waals surface area contributed by atoms with Crippen LogP contribution in [0, 0.1) is 0 Å². The van der Waals surface area contributed by atoms with Crippen molar-refractivity contribution in [1.82, 2.24) is 10.2 Å². The minimum absolute atomic E-state index is 0.0101. The number of benzene rings is 2. The van der Waals surface area contributed by atoms with Crippen LogP contribution in [0.25, 0.3) is 0 Å². The summed E-state index contributed by atoms with van der Waals surface area (Å²) >= 11 is 0. The third-order valence-corrected chi connectivity index (χ3v) is 4.81. The molecule has 0 unspecified atom stereocenters. The van der Waals surface area contributed by atoms with Gasteiger partial charge in [0.25, 0.3) is 5.91 Å². The van der Waals surface area contributed by atoms with Gasteiger partial charge in [0.2, 0.25) is 0 Å². The topological polar surface area (TPSA) is 41.6 Å². The Hall–Kier alpha value is -2.33. The molecule has 4 heteroatoms. The molecule has 26 heavy (non-hydrogen) atoms. The van der Waals surface area contributed by atoms with Crippen LogP contribution in [0.15, 0.2) is 54.6 Å². The number of carbonyl (C=O) groups excluding carboxylic acids is 1. The predicted octanol–water partition coefficient (Wildman–Crippen LogP) is 3.87. The molecule has 138 valence electrons. The number of hydrogen-bond acceptors (Lipinski definition) is 3. The first-order chi connectivity index (χ1) is 12.7. The molecule has 1 N–H and O–H groups in total. The Morgan fingerprint density at radius 3 is 2.62 bits per heavy atom. The van der Waals surface area contributed by atoms with Gasteiger partial charge in [-0.15, -0.1) is 0 Å². The van der Waals surface area contributed by atoms with Gasteiger partial charge in [0.1, 0.15) is 12.4 Å². The molecule has 0 bridgehead atoms. The van der Waals surface area contributed by atoms with E-state index in [1.807, 2.05) is 54.6 Å². The molecule has 2 aromatic carbocycles. The maximum atomic E-state index is 12.6. The van der Waals surface area contributed by atoms with E-state index in [0.29, 0.717) is 12.2 Å². The number of amides is 1. The van der Waals surface area contributed by atoms with Gasteiger partial charge in [-0.2, -0.15) is 0 Å². The summed E-state index contributed by atoms with van der Waals surface area (Å²) in [5.41, 5.74) is 1.77. The van der Waals surface area contributed by atoms with Gasteiger partial charge < -0.3 is 15.0 Å². The van der Waals surface area contributed by atoms with Gasteiger partial charge in [0.05, 0.1) is 0 Å². The van der Waals surface area contributed by atoms with Crippen molar-refractivity contribution in [2.45, 2.75) is 38.8 Å². The van der Waals surface area contributed by atoms with Gasteiger partial charge in [0.15, 0.2) is 0 Å². The average Bonchev–Trinajstić information content (AvgIpc) is 2.69. The lowest BCUT2D eigenvalue weighted by atomic mass is 10.0. The highest BCUT2D eigenvalue weighted by Crippen LogP contribution is 2.17. The minimum Gasteiger partial charge on any atom is -0.489 e. The Morgan fingerprint density at radius 1 is 1.12 bits per heavy atom. The van der Waals surface area contributed by atoms with Gasteiger partial charge >= 0.3 is 0 Å². The van der Waals surface area contributed by atoms with E-state index in [0.717, 1.165) is 43.8 Å². The van der Waals surface area contributed by atoms with Crippen molar-refractivity contribution in [2.75, 3.05) is 19.6 Å². The molecular weight excluding hydrogens is 324 g/mol. The second-order valence-electron chi connectivity index (χ2n) is 6.89. The summed E-state index contributed by atoms with van der Waals surface area (Å²) in [5, 5.41) is 3.18. The van der Waals surface area contributed by atoms with E-state index in [9.17, 15) is 4.79 Å². The molecule has 0 aliphatic carbocycles. The van der Waals surface area contributed by atoms with E-state index >= 15 is 0 Å². The molecule has 0 saturated carbocycles. The normalized spacial score (nSPS) is 15.6. The van der Waals surface area contributed by atoms with E-state index in [1.54, 1.807) is 0 Å². The summed E-state index contributed by atoms with van der Waals surface area (Å²) < 4.78 is 5.83. The zero-order valence-corrected chi connectivity index (χ0v) is 15.5. The quantitative estimate of drug-likeness (QED) is 0.822. The summed E-state index contributed by atoms with van der Waals surface area (Å²) in [5.74, 6) is 0.711. The van der Waals surface area contributed by atoms with Gasteiger partial charge in [-0.1, -0.05) is 43.3 Å². The molecule has 2 aromatic rings. The van der Waals surface area contributed by atoms with Gasteiger partial charge in [0, 0.05) is 24.7 Å². The second-order valence-corrected chi connectivity index (χ2v) is 6.89. The van der Waals surface area contributed by atoms with Crippen molar-refractivity contribution in [3.8, 4) is 5.75 Å². The molecule has 4 nitrogen and oxygen atoms in total. The number of carbonyl (C=O) groups is 1. The summed E-state index contributed by atoms with van der Waals surface area (Å²) in [6, 6.07) is 17.7. The van der Waals surface area contributed by atoms with Crippen molar-refractivity contribution in [3.63, 3.8) is 0 Å². The van der Waals surface area contributed by atoms with E-state index < -0.39 is 0 Å². The average molecular weight is 352 g/mol. The molecular formula is C22H28N2O2. The van der Waals surface area contributed by atoms with Crippen molar-refractivity contribution >= 4 is 5.91 Å². The number of ether oxygens (including phenoxy) is 1. The first-order valence-electron chi connectivity index (χ1n) is 9.54. The van der Waals surface area contributed by atoms with Crippen LogP contribution >= 0.6 is 0 Å². The highest BCUT2D eigenvalue weighted by molar-refractivity contribution is 5.94. The fourth-order valence-electron chi connectivity index (χ4n) is 3.35. The molecule has 1 aliphatic heterocycles. The minimum atomic E-state index is -0.0101. The fourth-order valence-corrected chi connectivity index (χ4v) is 3.35. The number of rotatable bonds is 7. The lowest BCUT2D eigenvalue weighted by Gasteiger charge is -2.32. The van der Waals surface area contributed by atoms with Crippen molar-refractivity contribution in [3.05, 3.63) is 65.7 Å². The Balaban J connectivity index is 1.52. The van der Waals surface area contributed by atoms with Crippen LogP contribution in [0.2, 0.25) is 0 Å². The van der Waals surface area contributed by atoms with E-state index in [-0.39, 0.29) is 11.9 Å². The molecule has 0 atom stereocenters. The van der Waals surface area contributed by atoms with Crippen molar-refractivity contribution in [2.24, 2.45) is 0 Å². The summed E-state index contributed by atoms with van der Waals surface area (Å²) in [6.07, 6.45) is 3.23. The maximum absolute atomic E-state index is 12.6. The molecule has 1 fully saturated rings. The first kappa shape index (κ1) is 18.5. The number of nitrogens with one attached hydrogen (secondary N) is 1. The third-order valence-electron chi connectivity index (χ3n) is 4.81. The Morgan fingerprint density at radius 2 is 1.88 bits per heavy atom. The van der Waals surface area contributed by atoms with Crippen LogP contribution in [0.3, 0.4) is 0 Å². The van der Waals surface area contributed by atoms with Crippen LogP contribution in [0.1, 0.15) is 42.1 Å². The second kappa shape index (κ2) is 9.39. The monoisotopic (exact) mass is 352 g/mol. The Bertz CT molecular complexity index is 694. The number of piperidine rings is 1. The lowest BCUT2D eigenvalue weighted by molar-refractivity contribution is 0.0910. The number of hydrogen-bond donors (Lipinski definition) is 1. The summed E-state index contributed by atoms with van der Waals surface area (Å²) in [7, 11) is 0. The molecule has 1 heterocycles. The van der Waals surface area contributed by atoms with E-state index in [4.69, 9.17) is 4.74 Å². The Labute approximate surface area is 156 Å². The standard InChI is InChI=1S/C22H28N2O2/c1-2-13-24-14-11-20(12-15-24)23-22(25)19-9-6-10-21(16-19)26-17-18-7-4-3-5-8-18/h3-10,16,20H,2,11-15,17H2,1H3,(H,23,25). The van der Waals surface area contributed by atoms with E-state index in [2.05, 4.69) is 17.1 Å². The molecule has 1 saturated heterocycles. The van der Waals surface area contributed by atoms with Crippen LogP contribution in [0.4, 0.5) is 0 Å². The number of likely N-dealkylation sites (tertiary alicyclic amines) is 1.